The molecule has 0 aromatic heterocycles. The Kier molecular flexibility index (Phi) is 5.85. The minimum atomic E-state index is 0.0449. The van der Waals surface area contributed by atoms with Crippen LogP contribution in [0.25, 0.3) is 11.1 Å². The van der Waals surface area contributed by atoms with Gasteiger partial charge in [0.25, 0.3) is 0 Å². The molecule has 5 nitrogen and oxygen atoms in total. The van der Waals surface area contributed by atoms with Crippen molar-refractivity contribution in [2.24, 2.45) is 11.8 Å². The van der Waals surface area contributed by atoms with Crippen molar-refractivity contribution in [2.45, 2.75) is 50.6 Å². The van der Waals surface area contributed by atoms with Gasteiger partial charge >= 0.3 is 0 Å². The number of aliphatic hydroxyl groups excluding tert-OH is 1. The molecular formula is C27H34N2O3. The van der Waals surface area contributed by atoms with Gasteiger partial charge in [-0.2, -0.15) is 0 Å². The maximum atomic E-state index is 13.6. The molecule has 1 saturated heterocycles. The molecule has 0 unspecified atom stereocenters. The van der Waals surface area contributed by atoms with Gasteiger partial charge in [0.1, 0.15) is 5.75 Å². The normalized spacial score (nSPS) is 25.4. The Bertz CT molecular complexity index is 967. The van der Waals surface area contributed by atoms with Gasteiger partial charge in [0, 0.05) is 31.1 Å². The maximum Gasteiger partial charge on any atom is 0.226 e. The van der Waals surface area contributed by atoms with Crippen molar-refractivity contribution < 1.29 is 14.6 Å². The van der Waals surface area contributed by atoms with Gasteiger partial charge < -0.3 is 19.6 Å². The Morgan fingerprint density at radius 1 is 1.03 bits per heavy atom. The molecule has 3 aliphatic rings. The average molecular weight is 435 g/mol. The maximum absolute atomic E-state index is 13.6. The van der Waals surface area contributed by atoms with E-state index < -0.39 is 0 Å². The second-order valence-electron chi connectivity index (χ2n) is 9.63. The van der Waals surface area contributed by atoms with Crippen molar-refractivity contribution in [3.8, 4) is 16.9 Å². The van der Waals surface area contributed by atoms with E-state index in [0.29, 0.717) is 5.91 Å². The molecule has 1 saturated carbocycles. The molecule has 1 N–H and O–H groups in total. The van der Waals surface area contributed by atoms with E-state index >= 15 is 0 Å². The first-order valence-electron chi connectivity index (χ1n) is 12.0. The summed E-state index contributed by atoms with van der Waals surface area (Å²) in [7, 11) is 3.76. The number of aliphatic hydroxyl groups is 1. The third kappa shape index (κ3) is 3.57. The number of likely N-dealkylation sites (N-methyl/N-ethyl adjacent to an activating group) is 1. The second kappa shape index (κ2) is 8.78. The summed E-state index contributed by atoms with van der Waals surface area (Å²) in [4.78, 5) is 18.0. The van der Waals surface area contributed by atoms with E-state index in [1.165, 1.54) is 24.8 Å². The SMILES string of the molecule is COc1ccc(-c2ccc3c(c2)[C@@H]2[C@@H](CCN2C(=O)C2CCCCC2)[C@@H](CO)N3C)cc1. The molecular weight excluding hydrogens is 400 g/mol. The third-order valence-corrected chi connectivity index (χ3v) is 8.01. The number of carbonyl (C=O) groups is 1. The molecule has 1 amide bonds. The number of benzene rings is 2. The molecule has 5 heteroatoms. The summed E-state index contributed by atoms with van der Waals surface area (Å²) in [6, 6.07) is 14.8. The quantitative estimate of drug-likeness (QED) is 0.762. The van der Waals surface area contributed by atoms with Crippen LogP contribution in [0, 0.1) is 11.8 Å². The van der Waals surface area contributed by atoms with E-state index in [2.05, 4.69) is 47.2 Å². The highest BCUT2D eigenvalue weighted by Crippen LogP contribution is 2.50. The van der Waals surface area contributed by atoms with Gasteiger partial charge in [0.05, 0.1) is 25.8 Å². The average Bonchev–Trinajstić information content (AvgIpc) is 3.29. The Hall–Kier alpha value is -2.53. The van der Waals surface area contributed by atoms with Crippen molar-refractivity contribution in [1.82, 2.24) is 4.90 Å². The smallest absolute Gasteiger partial charge is 0.226 e. The van der Waals surface area contributed by atoms with Gasteiger partial charge in [-0.15, -0.1) is 0 Å². The first-order chi connectivity index (χ1) is 15.6. The van der Waals surface area contributed by atoms with Gasteiger partial charge in [-0.25, -0.2) is 0 Å². The number of methoxy groups -OCH3 is 1. The summed E-state index contributed by atoms with van der Waals surface area (Å²) in [6.45, 7) is 0.907. The van der Waals surface area contributed by atoms with Gasteiger partial charge in [0.15, 0.2) is 0 Å². The van der Waals surface area contributed by atoms with Crippen molar-refractivity contribution in [2.75, 3.05) is 32.2 Å². The molecule has 0 radical (unpaired) electrons. The highest BCUT2D eigenvalue weighted by Gasteiger charge is 2.48. The first-order valence-corrected chi connectivity index (χ1v) is 12.0. The zero-order valence-corrected chi connectivity index (χ0v) is 19.2. The summed E-state index contributed by atoms with van der Waals surface area (Å²) in [6.07, 6.45) is 6.58. The van der Waals surface area contributed by atoms with Gasteiger partial charge in [-0.05, 0) is 60.2 Å². The van der Waals surface area contributed by atoms with Crippen LogP contribution in [0.3, 0.4) is 0 Å². The number of ether oxygens (including phenoxy) is 1. The van der Waals surface area contributed by atoms with Crippen molar-refractivity contribution >= 4 is 11.6 Å². The Morgan fingerprint density at radius 2 is 1.75 bits per heavy atom. The van der Waals surface area contributed by atoms with Crippen LogP contribution in [0.15, 0.2) is 42.5 Å². The zero-order valence-electron chi connectivity index (χ0n) is 19.2. The van der Waals surface area contributed by atoms with Gasteiger partial charge in [0.2, 0.25) is 5.91 Å². The first kappa shape index (κ1) is 21.3. The lowest BCUT2D eigenvalue weighted by molar-refractivity contribution is -0.138. The van der Waals surface area contributed by atoms with E-state index in [-0.39, 0.29) is 30.5 Å². The Balaban J connectivity index is 1.54. The summed E-state index contributed by atoms with van der Waals surface area (Å²) in [5, 5.41) is 10.2. The van der Waals surface area contributed by atoms with Crippen LogP contribution in [-0.2, 0) is 4.79 Å². The Labute approximate surface area is 191 Å². The van der Waals surface area contributed by atoms with Crippen molar-refractivity contribution in [3.63, 3.8) is 0 Å². The molecule has 170 valence electrons. The topological polar surface area (TPSA) is 53.0 Å². The number of carbonyl (C=O) groups excluding carboxylic acids is 1. The highest BCUT2D eigenvalue weighted by atomic mass is 16.5. The molecule has 5 rings (SSSR count). The minimum Gasteiger partial charge on any atom is -0.497 e. The van der Waals surface area contributed by atoms with Gasteiger partial charge in [-0.1, -0.05) is 37.5 Å². The summed E-state index contributed by atoms with van der Waals surface area (Å²) >= 11 is 0. The summed E-state index contributed by atoms with van der Waals surface area (Å²) in [5.41, 5.74) is 4.64. The molecule has 0 bridgehead atoms. The third-order valence-electron chi connectivity index (χ3n) is 8.01. The highest BCUT2D eigenvalue weighted by molar-refractivity contribution is 5.81. The molecule has 2 aliphatic heterocycles. The van der Waals surface area contributed by atoms with E-state index in [9.17, 15) is 9.90 Å². The number of likely N-dealkylation sites (tertiary alicyclic amines) is 1. The number of nitrogens with zero attached hydrogens (tertiary/aromatic N) is 2. The molecule has 2 heterocycles. The van der Waals surface area contributed by atoms with Crippen molar-refractivity contribution in [3.05, 3.63) is 48.0 Å². The predicted octanol–water partition coefficient (Wildman–Crippen LogP) is 4.64. The molecule has 1 aliphatic carbocycles. The van der Waals surface area contributed by atoms with Crippen LogP contribution in [0.2, 0.25) is 0 Å². The van der Waals surface area contributed by atoms with E-state index in [1.807, 2.05) is 12.1 Å². The second-order valence-corrected chi connectivity index (χ2v) is 9.63. The number of hydrogen-bond acceptors (Lipinski definition) is 4. The lowest BCUT2D eigenvalue weighted by Crippen LogP contribution is -2.49. The van der Waals surface area contributed by atoms with Crippen LogP contribution in [0.4, 0.5) is 5.69 Å². The van der Waals surface area contributed by atoms with Crippen LogP contribution in [-0.4, -0.2) is 49.3 Å². The fraction of sp³-hybridized carbons (Fsp3) is 0.519. The summed E-state index contributed by atoms with van der Waals surface area (Å²) in [5.74, 6) is 1.61. The number of amides is 1. The van der Waals surface area contributed by atoms with Crippen LogP contribution in [0.5, 0.6) is 5.75 Å². The Morgan fingerprint density at radius 3 is 2.44 bits per heavy atom. The summed E-state index contributed by atoms with van der Waals surface area (Å²) < 4.78 is 5.31. The van der Waals surface area contributed by atoms with E-state index in [0.717, 1.165) is 48.4 Å². The number of fused-ring (bicyclic) bond motifs is 3. The lowest BCUT2D eigenvalue weighted by atomic mass is 9.80. The fourth-order valence-corrected chi connectivity index (χ4v) is 6.25. The largest absolute Gasteiger partial charge is 0.497 e. The fourth-order valence-electron chi connectivity index (χ4n) is 6.25. The molecule has 32 heavy (non-hydrogen) atoms. The molecule has 2 fully saturated rings. The number of rotatable bonds is 4. The standard InChI is InChI=1S/C27H34N2O3/c1-28-24-13-10-20(18-8-11-21(32-2)12-9-18)16-23(24)26-22(25(28)17-30)14-15-29(26)27(31)19-6-4-3-5-7-19/h8-13,16,19,22,25-26,30H,3-7,14-15,17H2,1-2H3/t22-,25+,26-/m0/s1. The number of hydrogen-bond donors (Lipinski definition) is 1. The minimum absolute atomic E-state index is 0.0449. The molecule has 2 aromatic rings. The van der Waals surface area contributed by atoms with E-state index in [4.69, 9.17) is 4.74 Å². The van der Waals surface area contributed by atoms with Crippen LogP contribution < -0.4 is 9.64 Å². The lowest BCUT2D eigenvalue weighted by Gasteiger charge is -2.45. The zero-order chi connectivity index (χ0) is 22.2. The molecule has 0 spiro atoms. The monoisotopic (exact) mass is 434 g/mol. The predicted molar refractivity (Wildman–Crippen MR) is 127 cm³/mol. The molecule has 3 atom stereocenters. The molecule has 2 aromatic carbocycles. The van der Waals surface area contributed by atoms with Crippen molar-refractivity contribution in [1.29, 1.82) is 0 Å². The van der Waals surface area contributed by atoms with Gasteiger partial charge in [-0.3, -0.25) is 4.79 Å². The van der Waals surface area contributed by atoms with Crippen LogP contribution in [0.1, 0.15) is 50.1 Å². The van der Waals surface area contributed by atoms with Crippen LogP contribution >= 0.6 is 0 Å². The van der Waals surface area contributed by atoms with E-state index in [1.54, 1.807) is 7.11 Å². The number of anilines is 1.